The van der Waals surface area contributed by atoms with Crippen molar-refractivity contribution in [1.82, 2.24) is 19.3 Å². The number of sulfonamides is 1. The summed E-state index contributed by atoms with van der Waals surface area (Å²) in [7, 11) is -3.63. The zero-order chi connectivity index (χ0) is 23.8. The fourth-order valence-electron chi connectivity index (χ4n) is 5.16. The first kappa shape index (κ1) is 22.2. The molecule has 0 amide bonds. The molecule has 0 radical (unpaired) electrons. The van der Waals surface area contributed by atoms with Crippen molar-refractivity contribution in [2.24, 2.45) is 0 Å². The van der Waals surface area contributed by atoms with E-state index in [-0.39, 0.29) is 0 Å². The van der Waals surface area contributed by atoms with Crippen LogP contribution in [0.4, 0.5) is 11.8 Å². The third-order valence-corrected chi connectivity index (χ3v) is 9.02. The summed E-state index contributed by atoms with van der Waals surface area (Å²) in [5.74, 6) is 1.52. The van der Waals surface area contributed by atoms with Crippen LogP contribution < -0.4 is 10.2 Å². The summed E-state index contributed by atoms with van der Waals surface area (Å²) in [6.07, 6.45) is 8.14. The molecule has 3 heterocycles. The van der Waals surface area contributed by atoms with Crippen LogP contribution in [-0.2, 0) is 10.0 Å². The molecule has 2 aromatic carbocycles. The number of rotatable bonds is 5. The van der Waals surface area contributed by atoms with Gasteiger partial charge in [0, 0.05) is 60.8 Å². The summed E-state index contributed by atoms with van der Waals surface area (Å²) in [4.78, 5) is 16.3. The van der Waals surface area contributed by atoms with E-state index in [1.165, 1.54) is 12.8 Å². The van der Waals surface area contributed by atoms with Crippen molar-refractivity contribution in [2.75, 3.05) is 36.4 Å². The van der Waals surface area contributed by atoms with Crippen LogP contribution in [0.5, 0.6) is 0 Å². The number of benzene rings is 2. The fraction of sp³-hybridized carbons (Fsp3) is 0.346. The van der Waals surface area contributed by atoms with Crippen LogP contribution in [-0.4, -0.2) is 59.9 Å². The van der Waals surface area contributed by atoms with Gasteiger partial charge in [-0.25, -0.2) is 13.4 Å². The monoisotopic (exact) mass is 488 g/mol. The van der Waals surface area contributed by atoms with E-state index in [0.717, 1.165) is 34.9 Å². The smallest absolute Gasteiger partial charge is 0.243 e. The van der Waals surface area contributed by atoms with Crippen molar-refractivity contribution in [1.29, 1.82) is 0 Å². The number of aromatic nitrogens is 3. The Balaban J connectivity index is 1.25. The minimum atomic E-state index is -3.63. The highest BCUT2D eigenvalue weighted by Gasteiger charge is 2.31. The summed E-state index contributed by atoms with van der Waals surface area (Å²) < 4.78 is 28.6. The molecule has 8 nitrogen and oxygen atoms in total. The van der Waals surface area contributed by atoms with Crippen LogP contribution in [0.3, 0.4) is 0 Å². The van der Waals surface area contributed by atoms with Gasteiger partial charge in [-0.3, -0.25) is 4.98 Å². The van der Waals surface area contributed by atoms with E-state index < -0.39 is 10.0 Å². The second-order valence-electron chi connectivity index (χ2n) is 9.26. The highest BCUT2D eigenvalue weighted by Crippen LogP contribution is 2.29. The first-order valence-electron chi connectivity index (χ1n) is 12.2. The molecule has 1 aliphatic heterocycles. The fourth-order valence-corrected chi connectivity index (χ4v) is 6.80. The number of pyridine rings is 1. The molecule has 4 aromatic rings. The standard InChI is InChI=1S/C26H28N6O2S/c33-35(34,24-11-5-6-19-18-27-13-12-21(19)24)32-16-14-31(15-17-32)26-29-23-10-4-3-9-22(23)25(30-26)28-20-7-1-2-8-20/h3-6,9-13,18,20H,1-2,7-8,14-17H2,(H,28,29,30). The lowest BCUT2D eigenvalue weighted by molar-refractivity contribution is 0.383. The van der Waals surface area contributed by atoms with Gasteiger partial charge in [0.1, 0.15) is 5.82 Å². The van der Waals surface area contributed by atoms with Gasteiger partial charge in [-0.05, 0) is 37.1 Å². The van der Waals surface area contributed by atoms with Crippen LogP contribution in [0.25, 0.3) is 21.7 Å². The molecule has 2 fully saturated rings. The molecule has 2 aliphatic rings. The average molecular weight is 489 g/mol. The number of nitrogens with one attached hydrogen (secondary N) is 1. The van der Waals surface area contributed by atoms with Crippen molar-refractivity contribution in [3.8, 4) is 0 Å². The lowest BCUT2D eigenvalue weighted by Crippen LogP contribution is -2.49. The molecule has 0 unspecified atom stereocenters. The van der Waals surface area contributed by atoms with Gasteiger partial charge in [0.2, 0.25) is 16.0 Å². The van der Waals surface area contributed by atoms with E-state index in [1.807, 2.05) is 24.3 Å². The molecule has 1 aliphatic carbocycles. The molecule has 0 bridgehead atoms. The van der Waals surface area contributed by atoms with E-state index in [2.05, 4.69) is 21.3 Å². The predicted octanol–water partition coefficient (Wildman–Crippen LogP) is 4.04. The Morgan fingerprint density at radius 3 is 2.49 bits per heavy atom. The molecule has 9 heteroatoms. The molecule has 0 spiro atoms. The number of piperazine rings is 1. The van der Waals surface area contributed by atoms with Crippen molar-refractivity contribution >= 4 is 43.5 Å². The van der Waals surface area contributed by atoms with Gasteiger partial charge in [-0.2, -0.15) is 9.29 Å². The zero-order valence-corrected chi connectivity index (χ0v) is 20.3. The Bertz CT molecular complexity index is 1470. The third kappa shape index (κ3) is 4.19. The first-order valence-corrected chi connectivity index (χ1v) is 13.6. The van der Waals surface area contributed by atoms with Crippen LogP contribution in [0.1, 0.15) is 25.7 Å². The number of anilines is 2. The summed E-state index contributed by atoms with van der Waals surface area (Å²) in [6.45, 7) is 1.83. The Labute approximate surface area is 205 Å². The van der Waals surface area contributed by atoms with E-state index in [9.17, 15) is 8.42 Å². The second-order valence-corrected chi connectivity index (χ2v) is 11.2. The maximum absolute atomic E-state index is 13.5. The Morgan fingerprint density at radius 2 is 1.66 bits per heavy atom. The minimum absolute atomic E-state index is 0.329. The molecule has 35 heavy (non-hydrogen) atoms. The highest BCUT2D eigenvalue weighted by molar-refractivity contribution is 7.89. The van der Waals surface area contributed by atoms with Crippen molar-refractivity contribution in [2.45, 2.75) is 36.6 Å². The van der Waals surface area contributed by atoms with E-state index >= 15 is 0 Å². The van der Waals surface area contributed by atoms with E-state index in [1.54, 1.807) is 34.9 Å². The summed E-state index contributed by atoms with van der Waals surface area (Å²) in [6, 6.07) is 15.6. The second kappa shape index (κ2) is 9.05. The van der Waals surface area contributed by atoms with Gasteiger partial charge < -0.3 is 10.2 Å². The van der Waals surface area contributed by atoms with Gasteiger partial charge in [0.05, 0.1) is 10.4 Å². The first-order chi connectivity index (χ1) is 17.1. The number of hydrogen-bond acceptors (Lipinski definition) is 7. The van der Waals surface area contributed by atoms with Gasteiger partial charge in [-0.15, -0.1) is 0 Å². The van der Waals surface area contributed by atoms with Gasteiger partial charge in [0.15, 0.2) is 0 Å². The lowest BCUT2D eigenvalue weighted by Gasteiger charge is -2.34. The number of fused-ring (bicyclic) bond motifs is 2. The average Bonchev–Trinajstić information content (AvgIpc) is 3.41. The predicted molar refractivity (Wildman–Crippen MR) is 138 cm³/mol. The summed E-state index contributed by atoms with van der Waals surface area (Å²) in [5, 5.41) is 6.19. The highest BCUT2D eigenvalue weighted by atomic mass is 32.2. The SMILES string of the molecule is O=S(=O)(c1cccc2cnccc12)N1CCN(c2nc(NC3CCCC3)c3ccccc3n2)CC1. The Hall–Kier alpha value is -3.30. The maximum atomic E-state index is 13.5. The zero-order valence-electron chi connectivity index (χ0n) is 19.5. The van der Waals surface area contributed by atoms with Crippen LogP contribution >= 0.6 is 0 Å². The maximum Gasteiger partial charge on any atom is 0.243 e. The number of nitrogens with zero attached hydrogens (tertiary/aromatic N) is 5. The lowest BCUT2D eigenvalue weighted by atomic mass is 10.2. The largest absolute Gasteiger partial charge is 0.367 e. The van der Waals surface area contributed by atoms with Crippen molar-refractivity contribution in [3.05, 3.63) is 60.9 Å². The Morgan fingerprint density at radius 1 is 0.857 bits per heavy atom. The van der Waals surface area contributed by atoms with E-state index in [4.69, 9.17) is 9.97 Å². The molecule has 6 rings (SSSR count). The molecule has 1 N–H and O–H groups in total. The van der Waals surface area contributed by atoms with Gasteiger partial charge >= 0.3 is 0 Å². The molecule has 180 valence electrons. The van der Waals surface area contributed by atoms with Crippen LogP contribution in [0, 0.1) is 0 Å². The number of para-hydroxylation sites is 1. The van der Waals surface area contributed by atoms with Crippen LogP contribution in [0.2, 0.25) is 0 Å². The topological polar surface area (TPSA) is 91.3 Å². The molecular weight excluding hydrogens is 460 g/mol. The van der Waals surface area contributed by atoms with Crippen molar-refractivity contribution in [3.63, 3.8) is 0 Å². The summed E-state index contributed by atoms with van der Waals surface area (Å²) >= 11 is 0. The Kier molecular flexibility index (Phi) is 5.74. The summed E-state index contributed by atoms with van der Waals surface area (Å²) in [5.41, 5.74) is 0.900. The van der Waals surface area contributed by atoms with E-state index in [0.29, 0.717) is 48.5 Å². The number of hydrogen-bond donors (Lipinski definition) is 1. The van der Waals surface area contributed by atoms with Gasteiger partial charge in [0.25, 0.3) is 0 Å². The molecule has 1 saturated carbocycles. The van der Waals surface area contributed by atoms with Gasteiger partial charge in [-0.1, -0.05) is 37.1 Å². The molecule has 0 atom stereocenters. The molecule has 1 saturated heterocycles. The quantitative estimate of drug-likeness (QED) is 0.453. The molecular formula is C26H28N6O2S. The normalized spacial score (nSPS) is 17.9. The minimum Gasteiger partial charge on any atom is -0.367 e. The third-order valence-electron chi connectivity index (χ3n) is 7.07. The van der Waals surface area contributed by atoms with Crippen molar-refractivity contribution < 1.29 is 8.42 Å². The van der Waals surface area contributed by atoms with Crippen LogP contribution in [0.15, 0.2) is 65.8 Å². The molecule has 2 aromatic heterocycles.